The Labute approximate surface area is 166 Å². The standard InChI is InChI=1S/C24H29N3O/c28-16-15-27-18-24(21-6-2-4-8-23(21)27)10-13-26(14-11-24)12-9-19-17-25-22-7-3-1-5-20(19)22/h1-8,17,25,28H,9-16,18H2. The van der Waals surface area contributed by atoms with Gasteiger partial charge in [0.25, 0.3) is 0 Å². The summed E-state index contributed by atoms with van der Waals surface area (Å²) in [6.45, 7) is 5.46. The lowest BCUT2D eigenvalue weighted by Crippen LogP contribution is -2.46. The van der Waals surface area contributed by atoms with E-state index >= 15 is 0 Å². The Kier molecular flexibility index (Phi) is 4.61. The van der Waals surface area contributed by atoms with Gasteiger partial charge in [-0.1, -0.05) is 36.4 Å². The monoisotopic (exact) mass is 375 g/mol. The number of nitrogens with zero attached hydrogens (tertiary/aromatic N) is 2. The lowest BCUT2D eigenvalue weighted by molar-refractivity contribution is 0.167. The Balaban J connectivity index is 1.25. The van der Waals surface area contributed by atoms with E-state index in [0.717, 1.165) is 39.1 Å². The Hall–Kier alpha value is -2.30. The third-order valence-electron chi connectivity index (χ3n) is 6.86. The molecule has 0 atom stereocenters. The summed E-state index contributed by atoms with van der Waals surface area (Å²) in [6, 6.07) is 17.4. The molecular formula is C24H29N3O. The van der Waals surface area contributed by atoms with E-state index in [1.165, 1.54) is 40.6 Å². The first-order valence-corrected chi connectivity index (χ1v) is 10.5. The molecule has 0 radical (unpaired) electrons. The maximum Gasteiger partial charge on any atom is 0.0606 e. The molecule has 3 heterocycles. The van der Waals surface area contributed by atoms with E-state index in [-0.39, 0.29) is 12.0 Å². The van der Waals surface area contributed by atoms with Gasteiger partial charge in [-0.15, -0.1) is 0 Å². The van der Waals surface area contributed by atoms with Crippen LogP contribution in [0.5, 0.6) is 0 Å². The Morgan fingerprint density at radius 1 is 0.964 bits per heavy atom. The highest BCUT2D eigenvalue weighted by Gasteiger charge is 2.44. The summed E-state index contributed by atoms with van der Waals surface area (Å²) >= 11 is 0. The van der Waals surface area contributed by atoms with Gasteiger partial charge in [0.15, 0.2) is 0 Å². The van der Waals surface area contributed by atoms with Crippen molar-refractivity contribution < 1.29 is 5.11 Å². The number of H-pyrrole nitrogens is 1. The lowest BCUT2D eigenvalue weighted by Gasteiger charge is -2.40. The lowest BCUT2D eigenvalue weighted by atomic mass is 9.74. The summed E-state index contributed by atoms with van der Waals surface area (Å²) in [5, 5.41) is 10.8. The number of piperidine rings is 1. The molecule has 0 amide bonds. The molecule has 1 aromatic heterocycles. The second kappa shape index (κ2) is 7.26. The molecule has 0 unspecified atom stereocenters. The maximum atomic E-state index is 9.46. The van der Waals surface area contributed by atoms with Crippen molar-refractivity contribution in [3.8, 4) is 0 Å². The number of para-hydroxylation sites is 2. The minimum absolute atomic E-state index is 0.223. The van der Waals surface area contributed by atoms with Crippen molar-refractivity contribution >= 4 is 16.6 Å². The molecule has 0 aliphatic carbocycles. The van der Waals surface area contributed by atoms with Crippen LogP contribution in [0, 0.1) is 0 Å². The minimum Gasteiger partial charge on any atom is -0.395 e. The summed E-state index contributed by atoms with van der Waals surface area (Å²) in [5.74, 6) is 0. The minimum atomic E-state index is 0.223. The quantitative estimate of drug-likeness (QED) is 0.717. The van der Waals surface area contributed by atoms with Gasteiger partial charge in [0.05, 0.1) is 6.61 Å². The maximum absolute atomic E-state index is 9.46. The largest absolute Gasteiger partial charge is 0.395 e. The molecule has 146 valence electrons. The van der Waals surface area contributed by atoms with Crippen molar-refractivity contribution in [2.75, 3.05) is 44.2 Å². The van der Waals surface area contributed by atoms with E-state index in [0.29, 0.717) is 0 Å². The fraction of sp³-hybridized carbons (Fsp3) is 0.417. The number of rotatable bonds is 5. The van der Waals surface area contributed by atoms with Gasteiger partial charge >= 0.3 is 0 Å². The second-order valence-electron chi connectivity index (χ2n) is 8.39. The topological polar surface area (TPSA) is 42.5 Å². The summed E-state index contributed by atoms with van der Waals surface area (Å²) in [4.78, 5) is 8.41. The van der Waals surface area contributed by atoms with E-state index < -0.39 is 0 Å². The molecule has 2 aliphatic rings. The van der Waals surface area contributed by atoms with Crippen molar-refractivity contribution in [2.45, 2.75) is 24.7 Å². The number of hydrogen-bond donors (Lipinski definition) is 2. The van der Waals surface area contributed by atoms with E-state index in [4.69, 9.17) is 0 Å². The van der Waals surface area contributed by atoms with Crippen LogP contribution in [0.3, 0.4) is 0 Å². The van der Waals surface area contributed by atoms with Crippen LogP contribution < -0.4 is 4.90 Å². The highest BCUT2D eigenvalue weighted by atomic mass is 16.3. The number of aliphatic hydroxyl groups excluding tert-OH is 1. The van der Waals surface area contributed by atoms with Gasteiger partial charge in [0.1, 0.15) is 0 Å². The second-order valence-corrected chi connectivity index (χ2v) is 8.39. The smallest absolute Gasteiger partial charge is 0.0606 e. The van der Waals surface area contributed by atoms with Gasteiger partial charge in [-0.2, -0.15) is 0 Å². The van der Waals surface area contributed by atoms with E-state index in [1.807, 2.05) is 0 Å². The normalized spacial score (nSPS) is 18.8. The van der Waals surface area contributed by atoms with Gasteiger partial charge < -0.3 is 19.9 Å². The number of anilines is 1. The molecule has 0 bridgehead atoms. The first-order chi connectivity index (χ1) is 13.8. The van der Waals surface area contributed by atoms with Gasteiger partial charge in [-0.05, 0) is 55.6 Å². The van der Waals surface area contributed by atoms with Gasteiger partial charge in [0.2, 0.25) is 0 Å². The van der Waals surface area contributed by atoms with Crippen molar-refractivity contribution in [3.63, 3.8) is 0 Å². The number of fused-ring (bicyclic) bond motifs is 3. The molecule has 2 aliphatic heterocycles. The number of aliphatic hydroxyl groups is 1. The molecule has 0 saturated carbocycles. The average Bonchev–Trinajstić information content (AvgIpc) is 3.28. The zero-order chi connectivity index (χ0) is 19.0. The summed E-state index contributed by atoms with van der Waals surface area (Å²) in [6.07, 6.45) is 5.69. The van der Waals surface area contributed by atoms with Crippen LogP contribution in [-0.4, -0.2) is 54.3 Å². The molecule has 2 aromatic carbocycles. The fourth-order valence-corrected chi connectivity index (χ4v) is 5.30. The molecule has 1 saturated heterocycles. The zero-order valence-corrected chi connectivity index (χ0v) is 16.4. The molecule has 4 nitrogen and oxygen atoms in total. The number of likely N-dealkylation sites (tertiary alicyclic amines) is 1. The molecule has 4 heteroatoms. The zero-order valence-electron chi connectivity index (χ0n) is 16.4. The molecule has 28 heavy (non-hydrogen) atoms. The van der Waals surface area contributed by atoms with Crippen LogP contribution in [-0.2, 0) is 11.8 Å². The van der Waals surface area contributed by atoms with Gasteiger partial charge in [-0.3, -0.25) is 0 Å². The van der Waals surface area contributed by atoms with Gasteiger partial charge in [-0.25, -0.2) is 0 Å². The number of hydrogen-bond acceptors (Lipinski definition) is 3. The summed E-state index contributed by atoms with van der Waals surface area (Å²) in [5.41, 5.74) is 5.77. The van der Waals surface area contributed by atoms with Crippen molar-refractivity contribution in [3.05, 3.63) is 65.9 Å². The highest BCUT2D eigenvalue weighted by molar-refractivity contribution is 5.83. The first kappa shape index (κ1) is 17.8. The van der Waals surface area contributed by atoms with Crippen molar-refractivity contribution in [1.29, 1.82) is 0 Å². The molecule has 1 spiro atoms. The van der Waals surface area contributed by atoms with Crippen LogP contribution >= 0.6 is 0 Å². The SMILES string of the molecule is OCCN1CC2(CCN(CCc3c[nH]c4ccccc34)CC2)c2ccccc21. The number of nitrogens with one attached hydrogen (secondary N) is 1. The van der Waals surface area contributed by atoms with Crippen LogP contribution in [0.25, 0.3) is 10.9 Å². The van der Waals surface area contributed by atoms with E-state index in [2.05, 4.69) is 69.5 Å². The van der Waals surface area contributed by atoms with E-state index in [1.54, 1.807) is 0 Å². The average molecular weight is 376 g/mol. The van der Waals surface area contributed by atoms with Crippen LogP contribution in [0.4, 0.5) is 5.69 Å². The Morgan fingerprint density at radius 3 is 2.61 bits per heavy atom. The molecule has 5 rings (SSSR count). The molecular weight excluding hydrogens is 346 g/mol. The number of aromatic nitrogens is 1. The Morgan fingerprint density at radius 2 is 1.75 bits per heavy atom. The Bertz CT molecular complexity index is 955. The number of β-amino-alcohol motifs (C(OH)–C–C–N with tert-alkyl or cyclic N) is 1. The predicted octanol–water partition coefficient (Wildman–Crippen LogP) is 3.56. The highest BCUT2D eigenvalue weighted by Crippen LogP contribution is 2.46. The number of aromatic amines is 1. The third kappa shape index (κ3) is 3.01. The summed E-state index contributed by atoms with van der Waals surface area (Å²) in [7, 11) is 0. The summed E-state index contributed by atoms with van der Waals surface area (Å²) < 4.78 is 0. The third-order valence-corrected chi connectivity index (χ3v) is 6.86. The van der Waals surface area contributed by atoms with E-state index in [9.17, 15) is 5.11 Å². The predicted molar refractivity (Wildman–Crippen MR) is 115 cm³/mol. The first-order valence-electron chi connectivity index (χ1n) is 10.5. The van der Waals surface area contributed by atoms with Crippen LogP contribution in [0.1, 0.15) is 24.0 Å². The van der Waals surface area contributed by atoms with Crippen LogP contribution in [0.15, 0.2) is 54.7 Å². The number of benzene rings is 2. The van der Waals surface area contributed by atoms with Gasteiger partial charge in [0, 0.05) is 47.8 Å². The molecule has 3 aromatic rings. The van der Waals surface area contributed by atoms with Crippen molar-refractivity contribution in [2.24, 2.45) is 0 Å². The fourth-order valence-electron chi connectivity index (χ4n) is 5.30. The van der Waals surface area contributed by atoms with Crippen LogP contribution in [0.2, 0.25) is 0 Å². The molecule has 1 fully saturated rings. The molecule has 2 N–H and O–H groups in total. The van der Waals surface area contributed by atoms with Crippen molar-refractivity contribution in [1.82, 2.24) is 9.88 Å².